The Morgan fingerprint density at radius 3 is 2.90 bits per heavy atom. The van der Waals surface area contributed by atoms with Crippen molar-refractivity contribution in [2.24, 2.45) is 0 Å². The Balaban J connectivity index is 1.70. The Hall–Kier alpha value is -1.85. The van der Waals surface area contributed by atoms with Crippen LogP contribution in [0.2, 0.25) is 0 Å². The van der Waals surface area contributed by atoms with Crippen molar-refractivity contribution < 1.29 is 0 Å². The van der Waals surface area contributed by atoms with Crippen LogP contribution in [0.3, 0.4) is 0 Å². The lowest BCUT2D eigenvalue weighted by atomic mass is 10.2. The van der Waals surface area contributed by atoms with Gasteiger partial charge >= 0.3 is 0 Å². The lowest BCUT2D eigenvalue weighted by Crippen LogP contribution is -1.90. The van der Waals surface area contributed by atoms with E-state index in [0.717, 1.165) is 32.7 Å². The first-order valence-electron chi connectivity index (χ1n) is 6.57. The van der Waals surface area contributed by atoms with Gasteiger partial charge in [0.05, 0.1) is 11.4 Å². The number of benzene rings is 1. The van der Waals surface area contributed by atoms with Crippen LogP contribution in [-0.2, 0) is 5.75 Å². The molecule has 3 rings (SSSR count). The van der Waals surface area contributed by atoms with Gasteiger partial charge in [-0.2, -0.15) is 0 Å². The maximum Gasteiger partial charge on any atom is 0.142 e. The average Bonchev–Trinajstić information content (AvgIpc) is 2.96. The van der Waals surface area contributed by atoms with Gasteiger partial charge < -0.3 is 5.73 Å². The lowest BCUT2D eigenvalue weighted by Gasteiger charge is -2.04. The summed E-state index contributed by atoms with van der Waals surface area (Å²) in [5, 5.41) is 3.05. The van der Waals surface area contributed by atoms with Crippen molar-refractivity contribution >= 4 is 28.8 Å². The number of rotatable bonds is 4. The molecule has 3 aromatic rings. The zero-order valence-electron chi connectivity index (χ0n) is 11.6. The number of nitrogen functional groups attached to an aromatic ring is 1. The van der Waals surface area contributed by atoms with Gasteiger partial charge in [-0.3, -0.25) is 4.98 Å². The highest BCUT2D eigenvalue weighted by Crippen LogP contribution is 2.30. The number of aryl methyl sites for hydroxylation is 1. The van der Waals surface area contributed by atoms with Crippen LogP contribution in [0.1, 0.15) is 11.3 Å². The summed E-state index contributed by atoms with van der Waals surface area (Å²) in [4.78, 5) is 10.1. The van der Waals surface area contributed by atoms with Gasteiger partial charge in [-0.1, -0.05) is 12.1 Å². The minimum atomic E-state index is 0.816. The standard InChI is InChI=1S/C16H15N3S2/c1-11-5-6-15(13(17)8-11)20-9-12-10-21-16(19-12)14-4-2-3-7-18-14/h2-8,10H,9,17H2,1H3. The summed E-state index contributed by atoms with van der Waals surface area (Å²) >= 11 is 3.34. The van der Waals surface area contributed by atoms with E-state index in [9.17, 15) is 0 Å². The summed E-state index contributed by atoms with van der Waals surface area (Å²) < 4.78 is 0. The van der Waals surface area contributed by atoms with Crippen molar-refractivity contribution in [2.45, 2.75) is 17.6 Å². The summed E-state index contributed by atoms with van der Waals surface area (Å²) in [5.41, 5.74) is 10.0. The first-order valence-corrected chi connectivity index (χ1v) is 8.43. The number of thiazole rings is 1. The second-order valence-corrected chi connectivity index (χ2v) is 6.56. The first-order chi connectivity index (χ1) is 10.2. The molecule has 0 aliphatic carbocycles. The summed E-state index contributed by atoms with van der Waals surface area (Å²) in [6.07, 6.45) is 1.79. The van der Waals surface area contributed by atoms with E-state index in [0.29, 0.717) is 0 Å². The van der Waals surface area contributed by atoms with Crippen LogP contribution < -0.4 is 5.73 Å². The van der Waals surface area contributed by atoms with Crippen molar-refractivity contribution in [2.75, 3.05) is 5.73 Å². The van der Waals surface area contributed by atoms with Gasteiger partial charge in [-0.05, 0) is 36.8 Å². The molecule has 2 heterocycles. The minimum Gasteiger partial charge on any atom is -0.398 e. The summed E-state index contributed by atoms with van der Waals surface area (Å²) in [7, 11) is 0. The third kappa shape index (κ3) is 3.43. The molecular weight excluding hydrogens is 298 g/mol. The first kappa shape index (κ1) is 14.1. The Morgan fingerprint density at radius 1 is 1.24 bits per heavy atom. The second kappa shape index (κ2) is 6.28. The molecule has 0 radical (unpaired) electrons. The lowest BCUT2D eigenvalue weighted by molar-refractivity contribution is 1.21. The Bertz CT molecular complexity index is 738. The Labute approximate surface area is 132 Å². The van der Waals surface area contributed by atoms with Crippen LogP contribution in [0.15, 0.2) is 52.9 Å². The molecule has 106 valence electrons. The van der Waals surface area contributed by atoms with Gasteiger partial charge in [-0.25, -0.2) is 4.98 Å². The van der Waals surface area contributed by atoms with Crippen molar-refractivity contribution in [3.63, 3.8) is 0 Å². The molecule has 0 unspecified atom stereocenters. The van der Waals surface area contributed by atoms with Crippen LogP contribution >= 0.6 is 23.1 Å². The molecule has 0 amide bonds. The molecule has 2 N–H and O–H groups in total. The third-order valence-electron chi connectivity index (χ3n) is 2.98. The van der Waals surface area contributed by atoms with E-state index in [1.54, 1.807) is 29.3 Å². The van der Waals surface area contributed by atoms with E-state index >= 15 is 0 Å². The average molecular weight is 313 g/mol. The number of nitrogens with zero attached hydrogens (tertiary/aromatic N) is 2. The van der Waals surface area contributed by atoms with Crippen LogP contribution in [0.5, 0.6) is 0 Å². The molecule has 0 atom stereocenters. The van der Waals surface area contributed by atoms with Crippen molar-refractivity contribution in [3.8, 4) is 10.7 Å². The topological polar surface area (TPSA) is 51.8 Å². The SMILES string of the molecule is Cc1ccc(SCc2csc(-c3ccccn3)n2)c(N)c1. The fourth-order valence-corrected chi connectivity index (χ4v) is 3.67. The molecular formula is C16H15N3S2. The maximum absolute atomic E-state index is 6.03. The summed E-state index contributed by atoms with van der Waals surface area (Å²) in [6.45, 7) is 2.05. The quantitative estimate of drug-likeness (QED) is 0.573. The van der Waals surface area contributed by atoms with Gasteiger partial charge in [0.15, 0.2) is 0 Å². The number of pyridine rings is 1. The van der Waals surface area contributed by atoms with Crippen LogP contribution in [-0.4, -0.2) is 9.97 Å². The third-order valence-corrected chi connectivity index (χ3v) is 5.01. The molecule has 2 aromatic heterocycles. The van der Waals surface area contributed by atoms with E-state index in [1.165, 1.54) is 5.56 Å². The van der Waals surface area contributed by atoms with Crippen molar-refractivity contribution in [3.05, 3.63) is 59.2 Å². The molecule has 0 fully saturated rings. The highest BCUT2D eigenvalue weighted by atomic mass is 32.2. The molecule has 0 spiro atoms. The zero-order valence-corrected chi connectivity index (χ0v) is 13.2. The second-order valence-electron chi connectivity index (χ2n) is 4.69. The van der Waals surface area contributed by atoms with E-state index in [-0.39, 0.29) is 0 Å². The minimum absolute atomic E-state index is 0.816. The van der Waals surface area contributed by atoms with Gasteiger partial charge in [0.2, 0.25) is 0 Å². The number of anilines is 1. The molecule has 0 saturated heterocycles. The fourth-order valence-electron chi connectivity index (χ4n) is 1.93. The number of nitrogens with two attached hydrogens (primary N) is 1. The molecule has 21 heavy (non-hydrogen) atoms. The van der Waals surface area contributed by atoms with Crippen LogP contribution in [0, 0.1) is 6.92 Å². The highest BCUT2D eigenvalue weighted by molar-refractivity contribution is 7.98. The fraction of sp³-hybridized carbons (Fsp3) is 0.125. The normalized spacial score (nSPS) is 10.7. The van der Waals surface area contributed by atoms with E-state index in [4.69, 9.17) is 5.73 Å². The van der Waals surface area contributed by atoms with E-state index in [2.05, 4.69) is 27.5 Å². The predicted octanol–water partition coefficient (Wildman–Crippen LogP) is 4.39. The van der Waals surface area contributed by atoms with E-state index < -0.39 is 0 Å². The van der Waals surface area contributed by atoms with Crippen molar-refractivity contribution in [1.29, 1.82) is 0 Å². The largest absolute Gasteiger partial charge is 0.398 e. The molecule has 5 heteroatoms. The van der Waals surface area contributed by atoms with Crippen molar-refractivity contribution in [1.82, 2.24) is 9.97 Å². The summed E-state index contributed by atoms with van der Waals surface area (Å²) in [6, 6.07) is 12.0. The van der Waals surface area contributed by atoms with Crippen LogP contribution in [0.4, 0.5) is 5.69 Å². The van der Waals surface area contributed by atoms with Gasteiger partial charge in [0.1, 0.15) is 5.01 Å². The van der Waals surface area contributed by atoms with Gasteiger partial charge in [0.25, 0.3) is 0 Å². The van der Waals surface area contributed by atoms with E-state index in [1.807, 2.05) is 31.2 Å². The summed E-state index contributed by atoms with van der Waals surface area (Å²) in [5.74, 6) is 0.816. The monoisotopic (exact) mass is 313 g/mol. The Morgan fingerprint density at radius 2 is 2.14 bits per heavy atom. The smallest absolute Gasteiger partial charge is 0.142 e. The zero-order chi connectivity index (χ0) is 14.7. The molecule has 0 bridgehead atoms. The molecule has 0 aliphatic rings. The molecule has 3 nitrogen and oxygen atoms in total. The maximum atomic E-state index is 6.03. The predicted molar refractivity (Wildman–Crippen MR) is 90.5 cm³/mol. The highest BCUT2D eigenvalue weighted by Gasteiger charge is 2.07. The van der Waals surface area contributed by atoms with Gasteiger partial charge in [0, 0.05) is 27.9 Å². The van der Waals surface area contributed by atoms with Crippen LogP contribution in [0.25, 0.3) is 10.7 Å². The molecule has 0 aliphatic heterocycles. The number of thioether (sulfide) groups is 1. The van der Waals surface area contributed by atoms with Gasteiger partial charge in [-0.15, -0.1) is 23.1 Å². The number of hydrogen-bond acceptors (Lipinski definition) is 5. The Kier molecular flexibility index (Phi) is 4.22. The molecule has 1 aromatic carbocycles. The molecule has 0 saturated carbocycles. The number of hydrogen-bond donors (Lipinski definition) is 1. The number of aromatic nitrogens is 2.